The molecule has 0 aliphatic carbocycles. The fraction of sp³-hybridized carbons (Fsp3) is 1.00. The third kappa shape index (κ3) is 5.23. The Hall–Kier alpha value is 0.270. The van der Waals surface area contributed by atoms with Gasteiger partial charge < -0.3 is 10.1 Å². The summed E-state index contributed by atoms with van der Waals surface area (Å²) >= 11 is 1.95. The van der Waals surface area contributed by atoms with Gasteiger partial charge in [0.05, 0.1) is 0 Å². The monoisotopic (exact) mass is 217 g/mol. The van der Waals surface area contributed by atoms with Crippen molar-refractivity contribution in [3.63, 3.8) is 0 Å². The fourth-order valence-electron chi connectivity index (χ4n) is 1.72. The summed E-state index contributed by atoms with van der Waals surface area (Å²) < 4.78 is 5.43. The second-order valence-electron chi connectivity index (χ2n) is 4.03. The van der Waals surface area contributed by atoms with E-state index in [1.165, 1.54) is 25.7 Å². The van der Waals surface area contributed by atoms with Crippen molar-refractivity contribution in [3.05, 3.63) is 0 Å². The normalized spacial score (nSPS) is 25.7. The molecule has 84 valence electrons. The maximum atomic E-state index is 5.43. The van der Waals surface area contributed by atoms with Gasteiger partial charge in [0.15, 0.2) is 0 Å². The van der Waals surface area contributed by atoms with E-state index in [9.17, 15) is 0 Å². The molecule has 14 heavy (non-hydrogen) atoms. The number of thioether (sulfide) groups is 1. The topological polar surface area (TPSA) is 21.3 Å². The largest absolute Gasteiger partial charge is 0.381 e. The highest BCUT2D eigenvalue weighted by Gasteiger charge is 2.11. The van der Waals surface area contributed by atoms with E-state index < -0.39 is 0 Å². The summed E-state index contributed by atoms with van der Waals surface area (Å²) in [6.07, 6.45) is 7.15. The number of ether oxygens (including phenoxy) is 1. The molecule has 0 spiro atoms. The van der Waals surface area contributed by atoms with Crippen LogP contribution in [0, 0.1) is 0 Å². The molecule has 2 atom stereocenters. The molecule has 0 aromatic rings. The Labute approximate surface area is 92.2 Å². The molecule has 1 aliphatic heterocycles. The first kappa shape index (κ1) is 12.3. The fourth-order valence-corrected chi connectivity index (χ4v) is 2.07. The Morgan fingerprint density at radius 3 is 3.07 bits per heavy atom. The SMILES string of the molecule is CSC(C)CCNC1CCCOCC1. The second kappa shape index (κ2) is 7.55. The van der Waals surface area contributed by atoms with Crippen molar-refractivity contribution >= 4 is 11.8 Å². The molecule has 0 bridgehead atoms. The van der Waals surface area contributed by atoms with E-state index in [0.29, 0.717) is 6.04 Å². The maximum Gasteiger partial charge on any atom is 0.0480 e. The Bertz CT molecular complexity index is 135. The zero-order valence-electron chi connectivity index (χ0n) is 9.42. The minimum atomic E-state index is 0.701. The molecule has 1 saturated heterocycles. The summed E-state index contributed by atoms with van der Waals surface area (Å²) in [5, 5.41) is 4.42. The van der Waals surface area contributed by atoms with Gasteiger partial charge in [-0.25, -0.2) is 0 Å². The van der Waals surface area contributed by atoms with Gasteiger partial charge in [0.1, 0.15) is 0 Å². The van der Waals surface area contributed by atoms with E-state index in [4.69, 9.17) is 4.74 Å². The van der Waals surface area contributed by atoms with Crippen LogP contribution in [-0.2, 0) is 4.74 Å². The van der Waals surface area contributed by atoms with Crippen molar-refractivity contribution in [1.29, 1.82) is 0 Å². The van der Waals surface area contributed by atoms with Crippen molar-refractivity contribution in [2.75, 3.05) is 26.0 Å². The lowest BCUT2D eigenvalue weighted by Crippen LogP contribution is -2.31. The van der Waals surface area contributed by atoms with Crippen molar-refractivity contribution in [3.8, 4) is 0 Å². The van der Waals surface area contributed by atoms with Crippen molar-refractivity contribution in [1.82, 2.24) is 5.32 Å². The predicted octanol–water partition coefficient (Wildman–Crippen LogP) is 2.29. The lowest BCUT2D eigenvalue weighted by Gasteiger charge is -2.16. The average molecular weight is 217 g/mol. The number of hydrogen-bond donors (Lipinski definition) is 1. The Morgan fingerprint density at radius 2 is 2.29 bits per heavy atom. The molecule has 1 aliphatic rings. The molecule has 3 heteroatoms. The third-order valence-corrected chi connectivity index (χ3v) is 3.88. The number of rotatable bonds is 5. The molecule has 1 N–H and O–H groups in total. The van der Waals surface area contributed by atoms with Crippen LogP contribution in [0.25, 0.3) is 0 Å². The van der Waals surface area contributed by atoms with Gasteiger partial charge in [-0.3, -0.25) is 0 Å². The quantitative estimate of drug-likeness (QED) is 0.763. The Kier molecular flexibility index (Phi) is 6.65. The van der Waals surface area contributed by atoms with Crippen molar-refractivity contribution in [2.24, 2.45) is 0 Å². The van der Waals surface area contributed by atoms with Crippen LogP contribution in [0.3, 0.4) is 0 Å². The van der Waals surface area contributed by atoms with E-state index in [1.807, 2.05) is 11.8 Å². The third-order valence-electron chi connectivity index (χ3n) is 2.84. The van der Waals surface area contributed by atoms with Crippen molar-refractivity contribution in [2.45, 2.75) is 43.9 Å². The van der Waals surface area contributed by atoms with Crippen LogP contribution in [0.1, 0.15) is 32.6 Å². The van der Waals surface area contributed by atoms with Gasteiger partial charge in [0.25, 0.3) is 0 Å². The highest BCUT2D eigenvalue weighted by molar-refractivity contribution is 7.99. The highest BCUT2D eigenvalue weighted by Crippen LogP contribution is 2.11. The van der Waals surface area contributed by atoms with Crippen LogP contribution < -0.4 is 5.32 Å². The lowest BCUT2D eigenvalue weighted by molar-refractivity contribution is 0.142. The molecule has 1 rings (SSSR count). The van der Waals surface area contributed by atoms with Gasteiger partial charge >= 0.3 is 0 Å². The summed E-state index contributed by atoms with van der Waals surface area (Å²) in [5.74, 6) is 0. The molecule has 0 amide bonds. The molecule has 1 fully saturated rings. The second-order valence-corrected chi connectivity index (χ2v) is 5.31. The first-order chi connectivity index (χ1) is 6.83. The molecular formula is C11H23NOS. The van der Waals surface area contributed by atoms with E-state index >= 15 is 0 Å². The zero-order chi connectivity index (χ0) is 10.2. The number of hydrogen-bond acceptors (Lipinski definition) is 3. The molecule has 0 saturated carbocycles. The van der Waals surface area contributed by atoms with Crippen LogP contribution in [0.2, 0.25) is 0 Å². The smallest absolute Gasteiger partial charge is 0.0480 e. The van der Waals surface area contributed by atoms with Gasteiger partial charge in [-0.15, -0.1) is 0 Å². The molecular weight excluding hydrogens is 194 g/mol. The van der Waals surface area contributed by atoms with E-state index in [2.05, 4.69) is 18.5 Å². The summed E-state index contributed by atoms with van der Waals surface area (Å²) in [6, 6.07) is 0.701. The Balaban J connectivity index is 2.04. The van der Waals surface area contributed by atoms with E-state index in [1.54, 1.807) is 0 Å². The molecule has 0 aromatic carbocycles. The minimum Gasteiger partial charge on any atom is -0.381 e. The maximum absolute atomic E-state index is 5.43. The van der Waals surface area contributed by atoms with Crippen LogP contribution in [0.5, 0.6) is 0 Å². The minimum absolute atomic E-state index is 0.701. The summed E-state index contributed by atoms with van der Waals surface area (Å²) in [5.41, 5.74) is 0. The standard InChI is InChI=1S/C11H23NOS/c1-10(14-2)5-7-12-11-4-3-8-13-9-6-11/h10-12H,3-9H2,1-2H3. The van der Waals surface area contributed by atoms with Gasteiger partial charge in [-0.2, -0.15) is 11.8 Å². The average Bonchev–Trinajstić information content (AvgIpc) is 2.46. The molecule has 0 aromatic heterocycles. The summed E-state index contributed by atoms with van der Waals surface area (Å²) in [4.78, 5) is 0. The van der Waals surface area contributed by atoms with Crippen LogP contribution in [0.15, 0.2) is 0 Å². The van der Waals surface area contributed by atoms with E-state index in [-0.39, 0.29) is 0 Å². The molecule has 2 nitrogen and oxygen atoms in total. The van der Waals surface area contributed by atoms with Gasteiger partial charge in [-0.1, -0.05) is 6.92 Å². The number of nitrogens with one attached hydrogen (secondary N) is 1. The summed E-state index contributed by atoms with van der Waals surface area (Å²) in [7, 11) is 0. The van der Waals surface area contributed by atoms with Gasteiger partial charge in [0, 0.05) is 24.5 Å². The van der Waals surface area contributed by atoms with Crippen LogP contribution in [-0.4, -0.2) is 37.3 Å². The van der Waals surface area contributed by atoms with Gasteiger partial charge in [0.2, 0.25) is 0 Å². The summed E-state index contributed by atoms with van der Waals surface area (Å²) in [6.45, 7) is 5.35. The Morgan fingerprint density at radius 1 is 1.43 bits per heavy atom. The highest BCUT2D eigenvalue weighted by atomic mass is 32.2. The van der Waals surface area contributed by atoms with Gasteiger partial charge in [-0.05, 0) is 38.5 Å². The lowest BCUT2D eigenvalue weighted by atomic mass is 10.1. The first-order valence-corrected chi connectivity index (χ1v) is 6.95. The first-order valence-electron chi connectivity index (χ1n) is 5.67. The molecule has 0 radical (unpaired) electrons. The predicted molar refractivity (Wildman–Crippen MR) is 64.1 cm³/mol. The van der Waals surface area contributed by atoms with Crippen LogP contribution in [0.4, 0.5) is 0 Å². The molecule has 2 unspecified atom stereocenters. The zero-order valence-corrected chi connectivity index (χ0v) is 10.2. The molecule has 1 heterocycles. The van der Waals surface area contributed by atoms with E-state index in [0.717, 1.165) is 25.0 Å². The van der Waals surface area contributed by atoms with Crippen LogP contribution >= 0.6 is 11.8 Å². The van der Waals surface area contributed by atoms with Crippen molar-refractivity contribution < 1.29 is 4.74 Å².